The van der Waals surface area contributed by atoms with Crippen molar-refractivity contribution in [3.8, 4) is 5.69 Å². The van der Waals surface area contributed by atoms with Crippen LogP contribution in [0, 0.1) is 13.8 Å². The lowest BCUT2D eigenvalue weighted by Gasteiger charge is -2.11. The maximum Gasteiger partial charge on any atom is 0.295 e. The molecule has 0 fully saturated rings. The second-order valence-corrected chi connectivity index (χ2v) is 9.59. The van der Waals surface area contributed by atoms with E-state index < -0.39 is 11.8 Å². The lowest BCUT2D eigenvalue weighted by atomic mass is 10.0. The van der Waals surface area contributed by atoms with Crippen LogP contribution in [0.15, 0.2) is 89.4 Å². The minimum Gasteiger partial charge on any atom is -0.317 e. The molecule has 1 aromatic heterocycles. The number of amides is 2. The van der Waals surface area contributed by atoms with E-state index in [4.69, 9.17) is 0 Å². The van der Waals surface area contributed by atoms with Crippen LogP contribution in [0.1, 0.15) is 52.5 Å². The maximum absolute atomic E-state index is 13.5. The Labute approximate surface area is 222 Å². The van der Waals surface area contributed by atoms with Crippen LogP contribution < -0.4 is 16.2 Å². The van der Waals surface area contributed by atoms with Gasteiger partial charge in [-0.3, -0.25) is 19.1 Å². The Morgan fingerprint density at radius 1 is 0.868 bits per heavy atom. The predicted octanol–water partition coefficient (Wildman–Crippen LogP) is 5.33. The van der Waals surface area contributed by atoms with E-state index in [2.05, 4.69) is 24.5 Å². The minimum absolute atomic E-state index is 0.0294. The molecule has 38 heavy (non-hydrogen) atoms. The largest absolute Gasteiger partial charge is 0.317 e. The van der Waals surface area contributed by atoms with Crippen LogP contribution in [-0.2, 0) is 11.8 Å². The maximum atomic E-state index is 13.5. The highest BCUT2D eigenvalue weighted by Crippen LogP contribution is 2.18. The Bertz CT molecular complexity index is 1540. The lowest BCUT2D eigenvalue weighted by molar-refractivity contribution is -0.113. The first kappa shape index (κ1) is 26.4. The van der Waals surface area contributed by atoms with Gasteiger partial charge in [-0.2, -0.15) is 0 Å². The molecule has 0 spiro atoms. The molecule has 0 saturated carbocycles. The van der Waals surface area contributed by atoms with E-state index in [-0.39, 0.29) is 16.9 Å². The van der Waals surface area contributed by atoms with E-state index in [1.165, 1.54) is 10.2 Å². The van der Waals surface area contributed by atoms with E-state index in [1.54, 1.807) is 36.9 Å². The minimum atomic E-state index is -0.593. The molecular formula is C31H32N4O3. The van der Waals surface area contributed by atoms with Gasteiger partial charge in [-0.25, -0.2) is 4.68 Å². The fourth-order valence-corrected chi connectivity index (χ4v) is 4.09. The second kappa shape index (κ2) is 11.2. The van der Waals surface area contributed by atoms with Crippen molar-refractivity contribution in [1.82, 2.24) is 14.7 Å². The van der Waals surface area contributed by atoms with Crippen LogP contribution in [0.25, 0.3) is 11.8 Å². The summed E-state index contributed by atoms with van der Waals surface area (Å²) in [6, 6.07) is 24.1. The average molecular weight is 509 g/mol. The first-order valence-corrected chi connectivity index (χ1v) is 12.5. The van der Waals surface area contributed by atoms with Crippen molar-refractivity contribution < 1.29 is 9.59 Å². The summed E-state index contributed by atoms with van der Waals surface area (Å²) in [5.41, 5.74) is 4.42. The molecule has 0 atom stereocenters. The lowest BCUT2D eigenvalue weighted by Crippen LogP contribution is -2.32. The molecular weight excluding hydrogens is 476 g/mol. The summed E-state index contributed by atoms with van der Waals surface area (Å²) in [6.07, 6.45) is 1.61. The van der Waals surface area contributed by atoms with Crippen molar-refractivity contribution in [2.75, 3.05) is 5.32 Å². The fraction of sp³-hybridized carbons (Fsp3) is 0.194. The van der Waals surface area contributed by atoms with Crippen molar-refractivity contribution in [2.24, 2.45) is 7.05 Å². The van der Waals surface area contributed by atoms with E-state index in [9.17, 15) is 14.4 Å². The quantitative estimate of drug-likeness (QED) is 0.331. The number of nitrogens with one attached hydrogen (secondary N) is 2. The third-order valence-electron chi connectivity index (χ3n) is 6.51. The van der Waals surface area contributed by atoms with Crippen LogP contribution >= 0.6 is 0 Å². The molecule has 0 saturated heterocycles. The van der Waals surface area contributed by atoms with Crippen LogP contribution in [0.5, 0.6) is 0 Å². The molecule has 0 aliphatic heterocycles. The van der Waals surface area contributed by atoms with E-state index >= 15 is 0 Å². The van der Waals surface area contributed by atoms with Gasteiger partial charge in [0, 0.05) is 12.6 Å². The molecule has 4 aromatic rings. The standard InChI is InChI=1S/C31H32N4O3/c1-20(2)24-17-13-23(14-18-24)19-27(32-29(36)25-15-11-21(3)12-16-25)30(37)33-28-22(4)34(5)35(31(28)38)26-9-7-6-8-10-26/h6-20H,1-5H3,(H,32,36)(H,33,37). The summed E-state index contributed by atoms with van der Waals surface area (Å²) in [7, 11) is 1.76. The van der Waals surface area contributed by atoms with Crippen molar-refractivity contribution in [1.29, 1.82) is 0 Å². The number of aromatic nitrogens is 2. The van der Waals surface area contributed by atoms with Gasteiger partial charge >= 0.3 is 0 Å². The normalized spacial score (nSPS) is 11.5. The molecule has 0 aliphatic rings. The molecule has 2 amide bonds. The zero-order chi connectivity index (χ0) is 27.4. The third-order valence-corrected chi connectivity index (χ3v) is 6.51. The molecule has 0 unspecified atom stereocenters. The van der Waals surface area contributed by atoms with Crippen molar-refractivity contribution in [3.05, 3.63) is 123 Å². The number of carbonyl (C=O) groups excluding carboxylic acids is 2. The number of nitrogens with zero attached hydrogens (tertiary/aromatic N) is 2. The zero-order valence-corrected chi connectivity index (χ0v) is 22.3. The molecule has 0 radical (unpaired) electrons. The molecule has 2 N–H and O–H groups in total. The van der Waals surface area contributed by atoms with Crippen LogP contribution in [-0.4, -0.2) is 21.2 Å². The molecule has 0 aliphatic carbocycles. The monoisotopic (exact) mass is 508 g/mol. The van der Waals surface area contributed by atoms with Crippen LogP contribution in [0.3, 0.4) is 0 Å². The highest BCUT2D eigenvalue weighted by Gasteiger charge is 2.21. The van der Waals surface area contributed by atoms with E-state index in [1.807, 2.05) is 73.7 Å². The van der Waals surface area contributed by atoms with Gasteiger partial charge in [0.15, 0.2) is 0 Å². The van der Waals surface area contributed by atoms with Gasteiger partial charge in [0.2, 0.25) is 0 Å². The summed E-state index contributed by atoms with van der Waals surface area (Å²) in [4.78, 5) is 39.9. The molecule has 7 nitrogen and oxygen atoms in total. The van der Waals surface area contributed by atoms with Crippen LogP contribution in [0.4, 0.5) is 5.69 Å². The molecule has 1 heterocycles. The molecule has 194 valence electrons. The number of rotatable bonds is 7. The number of aryl methyl sites for hydroxylation is 1. The van der Waals surface area contributed by atoms with Gasteiger partial charge in [0.05, 0.1) is 11.4 Å². The van der Waals surface area contributed by atoms with Gasteiger partial charge in [-0.1, -0.05) is 74.0 Å². The van der Waals surface area contributed by atoms with Crippen molar-refractivity contribution >= 4 is 23.6 Å². The average Bonchev–Trinajstić information content (AvgIpc) is 3.12. The highest BCUT2D eigenvalue weighted by atomic mass is 16.2. The highest BCUT2D eigenvalue weighted by molar-refractivity contribution is 6.10. The van der Waals surface area contributed by atoms with Gasteiger partial charge in [-0.05, 0) is 61.2 Å². The molecule has 7 heteroatoms. The van der Waals surface area contributed by atoms with Gasteiger partial charge in [0.1, 0.15) is 11.4 Å². The number of hydrogen-bond donors (Lipinski definition) is 2. The molecule has 4 rings (SSSR count). The first-order valence-electron chi connectivity index (χ1n) is 12.5. The molecule has 0 bridgehead atoms. The number of benzene rings is 3. The van der Waals surface area contributed by atoms with Gasteiger partial charge in [-0.15, -0.1) is 0 Å². The van der Waals surface area contributed by atoms with Gasteiger partial charge < -0.3 is 10.6 Å². The third kappa shape index (κ3) is 5.67. The summed E-state index contributed by atoms with van der Waals surface area (Å²) in [5, 5.41) is 5.49. The Balaban J connectivity index is 1.69. The number of carbonyl (C=O) groups is 2. The van der Waals surface area contributed by atoms with E-state index in [0.29, 0.717) is 22.9 Å². The zero-order valence-electron chi connectivity index (χ0n) is 22.3. The Hall–Kier alpha value is -4.65. The first-order chi connectivity index (χ1) is 18.2. The molecule has 3 aromatic carbocycles. The number of para-hydroxylation sites is 1. The fourth-order valence-electron chi connectivity index (χ4n) is 4.09. The Kier molecular flexibility index (Phi) is 7.76. The second-order valence-electron chi connectivity index (χ2n) is 9.59. The summed E-state index contributed by atoms with van der Waals surface area (Å²) in [6.45, 7) is 7.91. The predicted molar refractivity (Wildman–Crippen MR) is 152 cm³/mol. The SMILES string of the molecule is Cc1ccc(C(=O)NC(=Cc2ccc(C(C)C)cc2)C(=O)Nc2c(C)n(C)n(-c3ccccc3)c2=O)cc1. The number of hydrogen-bond acceptors (Lipinski definition) is 3. The van der Waals surface area contributed by atoms with Crippen molar-refractivity contribution in [2.45, 2.75) is 33.6 Å². The van der Waals surface area contributed by atoms with Crippen molar-refractivity contribution in [3.63, 3.8) is 0 Å². The smallest absolute Gasteiger partial charge is 0.295 e. The van der Waals surface area contributed by atoms with E-state index in [0.717, 1.165) is 11.1 Å². The topological polar surface area (TPSA) is 85.1 Å². The Morgan fingerprint density at radius 3 is 2.11 bits per heavy atom. The number of anilines is 1. The Morgan fingerprint density at radius 2 is 1.50 bits per heavy atom. The summed E-state index contributed by atoms with van der Waals surface area (Å²) in [5.74, 6) is -0.647. The summed E-state index contributed by atoms with van der Waals surface area (Å²) < 4.78 is 3.18. The summed E-state index contributed by atoms with van der Waals surface area (Å²) >= 11 is 0. The van der Waals surface area contributed by atoms with Gasteiger partial charge in [0.25, 0.3) is 17.4 Å². The van der Waals surface area contributed by atoms with Crippen LogP contribution in [0.2, 0.25) is 0 Å².